The molecule has 1 N–H and O–H groups in total. The minimum Gasteiger partial charge on any atom is -0.485 e. The van der Waals surface area contributed by atoms with Crippen LogP contribution in [0.2, 0.25) is 0 Å². The molecule has 32 heavy (non-hydrogen) atoms. The number of hydrogen-bond donors (Lipinski definition) is 1. The van der Waals surface area contributed by atoms with Gasteiger partial charge in [0.1, 0.15) is 23.9 Å². The lowest BCUT2D eigenvalue weighted by Crippen LogP contribution is -2.10. The van der Waals surface area contributed by atoms with Crippen molar-refractivity contribution in [3.05, 3.63) is 95.2 Å². The molecule has 0 radical (unpaired) electrons. The maximum atomic E-state index is 12.5. The van der Waals surface area contributed by atoms with E-state index in [1.54, 1.807) is 29.2 Å². The van der Waals surface area contributed by atoms with Gasteiger partial charge >= 0.3 is 0 Å². The molecule has 4 rings (SSSR count). The summed E-state index contributed by atoms with van der Waals surface area (Å²) in [5.74, 6) is 1.99. The van der Waals surface area contributed by atoms with E-state index in [4.69, 9.17) is 13.9 Å². The second-order valence-electron chi connectivity index (χ2n) is 7.59. The molecule has 0 saturated heterocycles. The van der Waals surface area contributed by atoms with Crippen LogP contribution >= 0.6 is 0 Å². The number of anilines is 1. The molecule has 0 aliphatic heterocycles. The molecule has 0 spiro atoms. The van der Waals surface area contributed by atoms with E-state index >= 15 is 0 Å². The molecule has 7 heteroatoms. The molecule has 0 aliphatic rings. The summed E-state index contributed by atoms with van der Waals surface area (Å²) in [7, 11) is 0. The van der Waals surface area contributed by atoms with E-state index in [9.17, 15) is 4.79 Å². The van der Waals surface area contributed by atoms with Crippen molar-refractivity contribution in [2.45, 2.75) is 34.1 Å². The van der Waals surface area contributed by atoms with Crippen LogP contribution in [0.4, 0.5) is 5.69 Å². The standard InChI is InChI=1S/C25H25N3O4/c1-17-8-10-23(19(3)12-17)31-16-28-14-20(13-26-28)27-25(29)24-11-9-21(32-24)15-30-22-7-5-4-6-18(22)2/h4-14H,15-16H2,1-3H3,(H,27,29). The van der Waals surface area contributed by atoms with Crippen LogP contribution in [-0.4, -0.2) is 15.7 Å². The van der Waals surface area contributed by atoms with Gasteiger partial charge in [-0.15, -0.1) is 0 Å². The van der Waals surface area contributed by atoms with Crippen molar-refractivity contribution < 1.29 is 18.7 Å². The molecule has 1 amide bonds. The lowest BCUT2D eigenvalue weighted by molar-refractivity contribution is 0.0992. The Morgan fingerprint density at radius 1 is 1.00 bits per heavy atom. The minimum absolute atomic E-state index is 0.202. The molecule has 164 valence electrons. The van der Waals surface area contributed by atoms with Crippen molar-refractivity contribution >= 4 is 11.6 Å². The maximum Gasteiger partial charge on any atom is 0.291 e. The number of furan rings is 1. The maximum absolute atomic E-state index is 12.5. The number of hydrogen-bond acceptors (Lipinski definition) is 5. The monoisotopic (exact) mass is 431 g/mol. The molecule has 4 aromatic rings. The van der Waals surface area contributed by atoms with Gasteiger partial charge in [-0.1, -0.05) is 35.9 Å². The molecule has 0 aliphatic carbocycles. The first kappa shape index (κ1) is 21.2. The Morgan fingerprint density at radius 2 is 1.81 bits per heavy atom. The van der Waals surface area contributed by atoms with E-state index < -0.39 is 0 Å². The van der Waals surface area contributed by atoms with E-state index in [1.807, 2.05) is 57.2 Å². The van der Waals surface area contributed by atoms with Crippen molar-refractivity contribution in [2.75, 3.05) is 5.32 Å². The summed E-state index contributed by atoms with van der Waals surface area (Å²) in [6, 6.07) is 17.1. The Balaban J connectivity index is 1.31. The van der Waals surface area contributed by atoms with Crippen molar-refractivity contribution in [3.63, 3.8) is 0 Å². The number of aromatic nitrogens is 2. The minimum atomic E-state index is -0.359. The molecule has 2 heterocycles. The lowest BCUT2D eigenvalue weighted by Gasteiger charge is -2.09. The fraction of sp³-hybridized carbons (Fsp3) is 0.200. The van der Waals surface area contributed by atoms with Crippen molar-refractivity contribution in [3.8, 4) is 11.5 Å². The summed E-state index contributed by atoms with van der Waals surface area (Å²) in [5.41, 5.74) is 3.83. The lowest BCUT2D eigenvalue weighted by atomic mass is 10.1. The van der Waals surface area contributed by atoms with Crippen LogP contribution < -0.4 is 14.8 Å². The van der Waals surface area contributed by atoms with Crippen LogP contribution in [0, 0.1) is 20.8 Å². The van der Waals surface area contributed by atoms with Gasteiger partial charge < -0.3 is 19.2 Å². The third kappa shape index (κ3) is 5.18. The Labute approximate surface area is 186 Å². The van der Waals surface area contributed by atoms with Crippen LogP contribution in [-0.2, 0) is 13.3 Å². The summed E-state index contributed by atoms with van der Waals surface area (Å²) in [6.45, 7) is 6.50. The number of para-hydroxylation sites is 1. The highest BCUT2D eigenvalue weighted by molar-refractivity contribution is 6.02. The zero-order valence-corrected chi connectivity index (χ0v) is 18.3. The predicted octanol–water partition coefficient (Wildman–Crippen LogP) is 5.27. The summed E-state index contributed by atoms with van der Waals surface area (Å²) in [4.78, 5) is 12.5. The third-order valence-electron chi connectivity index (χ3n) is 4.92. The van der Waals surface area contributed by atoms with Gasteiger partial charge in [0.05, 0.1) is 18.1 Å². The first-order chi connectivity index (χ1) is 15.5. The number of benzene rings is 2. The molecule has 0 bridgehead atoms. The molecule has 0 unspecified atom stereocenters. The highest BCUT2D eigenvalue weighted by Crippen LogP contribution is 2.20. The molecule has 0 atom stereocenters. The highest BCUT2D eigenvalue weighted by Gasteiger charge is 2.13. The van der Waals surface area contributed by atoms with Crippen molar-refractivity contribution in [2.24, 2.45) is 0 Å². The van der Waals surface area contributed by atoms with E-state index in [1.165, 1.54) is 5.56 Å². The van der Waals surface area contributed by atoms with Gasteiger partial charge in [0.25, 0.3) is 5.91 Å². The Kier molecular flexibility index (Phi) is 6.26. The Morgan fingerprint density at radius 3 is 2.62 bits per heavy atom. The number of carbonyl (C=O) groups is 1. The zero-order valence-electron chi connectivity index (χ0n) is 18.3. The molecule has 2 aromatic heterocycles. The number of carbonyl (C=O) groups excluding carboxylic acids is 1. The summed E-state index contributed by atoms with van der Waals surface area (Å²) < 4.78 is 18.8. The van der Waals surface area contributed by atoms with Crippen molar-refractivity contribution in [1.29, 1.82) is 0 Å². The molecule has 0 saturated carbocycles. The second-order valence-corrected chi connectivity index (χ2v) is 7.59. The SMILES string of the molecule is Cc1ccc(OCn2cc(NC(=O)c3ccc(COc4ccccc4C)o3)cn2)c(C)c1. The van der Waals surface area contributed by atoms with E-state index in [-0.39, 0.29) is 25.0 Å². The molecular formula is C25H25N3O4. The largest absolute Gasteiger partial charge is 0.485 e. The fourth-order valence-electron chi connectivity index (χ4n) is 3.23. The number of nitrogens with zero attached hydrogens (tertiary/aromatic N) is 2. The van der Waals surface area contributed by atoms with Gasteiger partial charge in [-0.2, -0.15) is 5.10 Å². The first-order valence-electron chi connectivity index (χ1n) is 10.3. The Bertz CT molecular complexity index is 1230. The predicted molar refractivity (Wildman–Crippen MR) is 121 cm³/mol. The van der Waals surface area contributed by atoms with Gasteiger partial charge in [-0.05, 0) is 56.2 Å². The van der Waals surface area contributed by atoms with Crippen LogP contribution in [0.3, 0.4) is 0 Å². The average molecular weight is 431 g/mol. The van der Waals surface area contributed by atoms with Crippen LogP contribution in [0.25, 0.3) is 0 Å². The average Bonchev–Trinajstić information content (AvgIpc) is 3.42. The van der Waals surface area contributed by atoms with E-state index in [0.29, 0.717) is 11.4 Å². The quantitative estimate of drug-likeness (QED) is 0.411. The van der Waals surface area contributed by atoms with E-state index in [0.717, 1.165) is 22.6 Å². The number of nitrogens with one attached hydrogen (secondary N) is 1. The van der Waals surface area contributed by atoms with Crippen molar-refractivity contribution in [1.82, 2.24) is 9.78 Å². The van der Waals surface area contributed by atoms with Crippen LogP contribution in [0.1, 0.15) is 33.0 Å². The smallest absolute Gasteiger partial charge is 0.291 e. The topological polar surface area (TPSA) is 78.5 Å². The first-order valence-corrected chi connectivity index (χ1v) is 10.3. The highest BCUT2D eigenvalue weighted by atomic mass is 16.5. The van der Waals surface area contributed by atoms with E-state index in [2.05, 4.69) is 16.5 Å². The van der Waals surface area contributed by atoms with Gasteiger partial charge in [0, 0.05) is 0 Å². The Hall–Kier alpha value is -4.00. The van der Waals surface area contributed by atoms with Crippen LogP contribution in [0.15, 0.2) is 71.4 Å². The molecule has 0 fully saturated rings. The molecule has 7 nitrogen and oxygen atoms in total. The number of aryl methyl sites for hydroxylation is 3. The number of ether oxygens (including phenoxy) is 2. The van der Waals surface area contributed by atoms with Gasteiger partial charge in [0.15, 0.2) is 12.5 Å². The van der Waals surface area contributed by atoms with Gasteiger partial charge in [-0.3, -0.25) is 4.79 Å². The van der Waals surface area contributed by atoms with Gasteiger partial charge in [-0.25, -0.2) is 4.68 Å². The normalized spacial score (nSPS) is 10.7. The second kappa shape index (κ2) is 9.43. The number of amides is 1. The summed E-state index contributed by atoms with van der Waals surface area (Å²) >= 11 is 0. The zero-order chi connectivity index (χ0) is 22.5. The summed E-state index contributed by atoms with van der Waals surface area (Å²) in [6.07, 6.45) is 3.26. The third-order valence-corrected chi connectivity index (χ3v) is 4.92. The van der Waals surface area contributed by atoms with Crippen LogP contribution in [0.5, 0.6) is 11.5 Å². The molecular weight excluding hydrogens is 406 g/mol. The number of rotatable bonds is 8. The fourth-order valence-corrected chi connectivity index (χ4v) is 3.23. The van der Waals surface area contributed by atoms with Gasteiger partial charge in [0.2, 0.25) is 0 Å². The summed E-state index contributed by atoms with van der Waals surface area (Å²) in [5, 5.41) is 7.01. The molecule has 2 aromatic carbocycles.